The molecule has 0 spiro atoms. The summed E-state index contributed by atoms with van der Waals surface area (Å²) >= 11 is 5.56. The summed E-state index contributed by atoms with van der Waals surface area (Å²) in [7, 11) is 0. The average Bonchev–Trinajstić information content (AvgIpc) is 2.86. The maximum atomic E-state index is 11.2. The average molecular weight is 204 g/mol. The van der Waals surface area contributed by atoms with Crippen LogP contribution in [0.15, 0.2) is 0 Å². The number of hydrogen-bond acceptors (Lipinski definition) is 1. The van der Waals surface area contributed by atoms with E-state index in [1.54, 1.807) is 0 Å². The van der Waals surface area contributed by atoms with E-state index >= 15 is 0 Å². The predicted molar refractivity (Wildman–Crippen MR) is 55.0 cm³/mol. The number of amides is 1. The smallest absolute Gasteiger partial charge is 0.316 e. The summed E-state index contributed by atoms with van der Waals surface area (Å²) < 4.78 is 0. The van der Waals surface area contributed by atoms with E-state index in [0.29, 0.717) is 12.0 Å². The second-order valence-corrected chi connectivity index (χ2v) is 4.34. The van der Waals surface area contributed by atoms with Crippen molar-refractivity contribution >= 4 is 17.0 Å². The van der Waals surface area contributed by atoms with Gasteiger partial charge in [0, 0.05) is 12.1 Å². The third-order valence-corrected chi connectivity index (χ3v) is 3.24. The van der Waals surface area contributed by atoms with E-state index in [-0.39, 0.29) is 11.4 Å². The fourth-order valence-corrected chi connectivity index (χ4v) is 1.90. The molecule has 1 aliphatic carbocycles. The van der Waals surface area contributed by atoms with Crippen LogP contribution in [-0.4, -0.2) is 22.3 Å². The van der Waals surface area contributed by atoms with E-state index in [4.69, 9.17) is 11.6 Å². The van der Waals surface area contributed by atoms with Crippen LogP contribution in [0.5, 0.6) is 0 Å². The molecule has 0 radical (unpaired) electrons. The topological polar surface area (TPSA) is 20.3 Å². The molecule has 2 unspecified atom stereocenters. The van der Waals surface area contributed by atoms with Crippen LogP contribution in [0.2, 0.25) is 0 Å². The summed E-state index contributed by atoms with van der Waals surface area (Å²) in [5.74, 6) is 0.531. The molecule has 1 fully saturated rings. The summed E-state index contributed by atoms with van der Waals surface area (Å²) in [6.07, 6.45) is 3.34. The number of carbonyl (C=O) groups is 1. The van der Waals surface area contributed by atoms with E-state index in [0.717, 1.165) is 19.3 Å². The van der Waals surface area contributed by atoms with Gasteiger partial charge in [-0.25, -0.2) is 0 Å². The fourth-order valence-electron chi connectivity index (χ4n) is 1.60. The zero-order chi connectivity index (χ0) is 10.0. The molecule has 1 rings (SSSR count). The Balaban J connectivity index is 2.57. The molecular weight excluding hydrogens is 186 g/mol. The fraction of sp³-hybridized carbons (Fsp3) is 0.900. The third-order valence-electron chi connectivity index (χ3n) is 3.05. The minimum atomic E-state index is -0.282. The Bertz CT molecular complexity index is 191. The molecule has 0 heterocycles. The summed E-state index contributed by atoms with van der Waals surface area (Å²) in [6.45, 7) is 6.40. The molecule has 0 aromatic carbocycles. The molecule has 0 bridgehead atoms. The normalized spacial score (nSPS) is 20.9. The first kappa shape index (κ1) is 10.8. The van der Waals surface area contributed by atoms with Crippen LogP contribution in [0.3, 0.4) is 0 Å². The van der Waals surface area contributed by atoms with Gasteiger partial charge in [-0.15, -0.1) is 0 Å². The maximum Gasteiger partial charge on any atom is 0.316 e. The quantitative estimate of drug-likeness (QED) is 0.508. The number of hydrogen-bond donors (Lipinski definition) is 0. The highest BCUT2D eigenvalue weighted by molar-refractivity contribution is 6.62. The van der Waals surface area contributed by atoms with Crippen LogP contribution >= 0.6 is 11.6 Å². The lowest BCUT2D eigenvalue weighted by Crippen LogP contribution is -2.40. The summed E-state index contributed by atoms with van der Waals surface area (Å²) in [5, 5.41) is -0.282. The molecule has 0 N–H and O–H groups in total. The third kappa shape index (κ3) is 2.60. The van der Waals surface area contributed by atoms with Crippen molar-refractivity contribution < 1.29 is 4.79 Å². The highest BCUT2D eigenvalue weighted by atomic mass is 35.5. The van der Waals surface area contributed by atoms with Crippen molar-refractivity contribution in [3.05, 3.63) is 0 Å². The first-order valence-corrected chi connectivity index (χ1v) is 5.43. The summed E-state index contributed by atoms with van der Waals surface area (Å²) in [6, 6.07) is 0.705. The van der Waals surface area contributed by atoms with E-state index in [1.165, 1.54) is 0 Å². The monoisotopic (exact) mass is 203 g/mol. The lowest BCUT2D eigenvalue weighted by Gasteiger charge is -2.31. The lowest BCUT2D eigenvalue weighted by atomic mass is 9.99. The highest BCUT2D eigenvalue weighted by Crippen LogP contribution is 2.32. The van der Waals surface area contributed by atoms with Gasteiger partial charge in [0.15, 0.2) is 0 Å². The second kappa shape index (κ2) is 4.32. The van der Waals surface area contributed by atoms with Gasteiger partial charge in [0.05, 0.1) is 0 Å². The first-order chi connectivity index (χ1) is 6.07. The number of nitrogens with zero attached hydrogens (tertiary/aromatic N) is 1. The Morgan fingerprint density at radius 3 is 2.38 bits per heavy atom. The minimum Gasteiger partial charge on any atom is -0.323 e. The zero-order valence-corrected chi connectivity index (χ0v) is 9.34. The Labute approximate surface area is 85.2 Å². The SMILES string of the molecule is CCC(C)C(C)N(C(=O)Cl)C1CC1. The van der Waals surface area contributed by atoms with Gasteiger partial charge in [0.2, 0.25) is 0 Å². The van der Waals surface area contributed by atoms with Crippen molar-refractivity contribution in [2.45, 2.75) is 52.1 Å². The first-order valence-electron chi connectivity index (χ1n) is 5.05. The van der Waals surface area contributed by atoms with Crippen molar-refractivity contribution in [2.75, 3.05) is 0 Å². The Morgan fingerprint density at radius 2 is 2.08 bits per heavy atom. The number of carbonyl (C=O) groups excluding carboxylic acids is 1. The van der Waals surface area contributed by atoms with Crippen molar-refractivity contribution in [1.29, 1.82) is 0 Å². The van der Waals surface area contributed by atoms with Gasteiger partial charge < -0.3 is 4.90 Å². The predicted octanol–water partition coefficient (Wildman–Crippen LogP) is 3.24. The maximum absolute atomic E-state index is 11.2. The van der Waals surface area contributed by atoms with Gasteiger partial charge in [0.1, 0.15) is 0 Å². The molecule has 0 aliphatic heterocycles. The van der Waals surface area contributed by atoms with Gasteiger partial charge in [-0.2, -0.15) is 0 Å². The van der Waals surface area contributed by atoms with Crippen LogP contribution < -0.4 is 0 Å². The molecule has 2 nitrogen and oxygen atoms in total. The summed E-state index contributed by atoms with van der Waals surface area (Å²) in [4.78, 5) is 13.0. The Hall–Kier alpha value is -0.240. The molecule has 1 aliphatic rings. The standard InChI is InChI=1S/C10H18ClNO/c1-4-7(2)8(3)12(10(11)13)9-5-6-9/h7-9H,4-6H2,1-3H3. The van der Waals surface area contributed by atoms with Crippen LogP contribution in [0.25, 0.3) is 0 Å². The molecule has 0 aromatic rings. The van der Waals surface area contributed by atoms with Gasteiger partial charge >= 0.3 is 5.37 Å². The van der Waals surface area contributed by atoms with Crippen molar-refractivity contribution in [3.8, 4) is 0 Å². The van der Waals surface area contributed by atoms with E-state index in [2.05, 4.69) is 20.8 Å². The molecule has 13 heavy (non-hydrogen) atoms. The van der Waals surface area contributed by atoms with Crippen molar-refractivity contribution in [1.82, 2.24) is 4.90 Å². The molecular formula is C10H18ClNO. The Morgan fingerprint density at radius 1 is 1.54 bits per heavy atom. The minimum absolute atomic E-state index is 0.280. The van der Waals surface area contributed by atoms with E-state index in [1.807, 2.05) is 4.90 Å². The molecule has 0 saturated heterocycles. The van der Waals surface area contributed by atoms with Crippen LogP contribution in [-0.2, 0) is 0 Å². The largest absolute Gasteiger partial charge is 0.323 e. The van der Waals surface area contributed by atoms with Gasteiger partial charge in [-0.3, -0.25) is 4.79 Å². The highest BCUT2D eigenvalue weighted by Gasteiger charge is 2.36. The number of rotatable bonds is 4. The van der Waals surface area contributed by atoms with Crippen LogP contribution in [0.4, 0.5) is 4.79 Å². The van der Waals surface area contributed by atoms with Crippen LogP contribution in [0.1, 0.15) is 40.0 Å². The zero-order valence-electron chi connectivity index (χ0n) is 8.59. The van der Waals surface area contributed by atoms with Gasteiger partial charge in [-0.1, -0.05) is 20.3 Å². The Kier molecular flexibility index (Phi) is 3.60. The molecule has 76 valence electrons. The lowest BCUT2D eigenvalue weighted by molar-refractivity contribution is 0.173. The van der Waals surface area contributed by atoms with Crippen LogP contribution in [0, 0.1) is 5.92 Å². The molecule has 1 saturated carbocycles. The van der Waals surface area contributed by atoms with Crippen molar-refractivity contribution in [2.24, 2.45) is 5.92 Å². The molecule has 1 amide bonds. The number of halogens is 1. The molecule has 0 aromatic heterocycles. The molecule has 2 atom stereocenters. The van der Waals surface area contributed by atoms with Gasteiger partial charge in [0.25, 0.3) is 0 Å². The van der Waals surface area contributed by atoms with E-state index in [9.17, 15) is 4.79 Å². The van der Waals surface area contributed by atoms with Gasteiger partial charge in [-0.05, 0) is 37.3 Å². The van der Waals surface area contributed by atoms with Crippen molar-refractivity contribution in [3.63, 3.8) is 0 Å². The second-order valence-electron chi connectivity index (χ2n) is 4.02. The summed E-state index contributed by atoms with van der Waals surface area (Å²) in [5.41, 5.74) is 0. The molecule has 3 heteroatoms. The van der Waals surface area contributed by atoms with E-state index < -0.39 is 0 Å².